The predicted octanol–water partition coefficient (Wildman–Crippen LogP) is 3.63. The number of hydrogen-bond acceptors (Lipinski definition) is 3. The van der Waals surface area contributed by atoms with Crippen LogP contribution >= 0.6 is 0 Å². The predicted molar refractivity (Wildman–Crippen MR) is 57.2 cm³/mol. The van der Waals surface area contributed by atoms with Crippen LogP contribution in [0.4, 0.5) is 13.2 Å². The SMILES string of the molecule is CCOC(=O)c1oc2ccccc2c1C(F)(F)F. The molecular formula is C12H9F3O3. The molecule has 0 aliphatic carbocycles. The lowest BCUT2D eigenvalue weighted by atomic mass is 10.1. The third-order valence-corrected chi connectivity index (χ3v) is 2.34. The zero-order valence-corrected chi connectivity index (χ0v) is 9.38. The number of carbonyl (C=O) groups excluding carboxylic acids is 1. The van der Waals surface area contributed by atoms with Gasteiger partial charge in [-0.2, -0.15) is 13.2 Å². The molecule has 2 rings (SSSR count). The molecule has 0 saturated carbocycles. The van der Waals surface area contributed by atoms with Gasteiger partial charge in [-0.05, 0) is 13.0 Å². The van der Waals surface area contributed by atoms with E-state index in [9.17, 15) is 18.0 Å². The Labute approximate surface area is 100 Å². The van der Waals surface area contributed by atoms with Gasteiger partial charge in [-0.15, -0.1) is 0 Å². The summed E-state index contributed by atoms with van der Waals surface area (Å²) in [5.41, 5.74) is -1.08. The fourth-order valence-corrected chi connectivity index (χ4v) is 1.67. The summed E-state index contributed by atoms with van der Waals surface area (Å²) in [6.45, 7) is 1.49. The molecule has 0 aliphatic heterocycles. The summed E-state index contributed by atoms with van der Waals surface area (Å²) < 4.78 is 48.3. The van der Waals surface area contributed by atoms with Crippen molar-refractivity contribution in [3.8, 4) is 0 Å². The van der Waals surface area contributed by atoms with Gasteiger partial charge in [-0.25, -0.2) is 4.79 Å². The summed E-state index contributed by atoms with van der Waals surface area (Å²) in [5, 5.41) is -0.145. The molecule has 0 N–H and O–H groups in total. The molecule has 3 nitrogen and oxygen atoms in total. The van der Waals surface area contributed by atoms with Crippen LogP contribution in [0.3, 0.4) is 0 Å². The molecule has 6 heteroatoms. The number of esters is 1. The quantitative estimate of drug-likeness (QED) is 0.772. The van der Waals surface area contributed by atoms with Crippen molar-refractivity contribution in [1.82, 2.24) is 0 Å². The Morgan fingerprint density at radius 2 is 2.00 bits per heavy atom. The molecule has 18 heavy (non-hydrogen) atoms. The summed E-state index contributed by atoms with van der Waals surface area (Å²) in [6.07, 6.45) is -4.67. The van der Waals surface area contributed by atoms with Crippen LogP contribution in [0, 0.1) is 0 Å². The number of para-hydroxylation sites is 1. The lowest BCUT2D eigenvalue weighted by molar-refractivity contribution is -0.137. The maximum atomic E-state index is 12.9. The Balaban J connectivity index is 2.68. The molecule has 0 atom stereocenters. The number of carbonyl (C=O) groups is 1. The van der Waals surface area contributed by atoms with Crippen LogP contribution in [0.25, 0.3) is 11.0 Å². The lowest BCUT2D eigenvalue weighted by Gasteiger charge is -2.06. The lowest BCUT2D eigenvalue weighted by Crippen LogP contribution is -2.13. The molecule has 96 valence electrons. The van der Waals surface area contributed by atoms with Gasteiger partial charge in [0.25, 0.3) is 0 Å². The normalized spacial score (nSPS) is 11.8. The van der Waals surface area contributed by atoms with Crippen molar-refractivity contribution in [2.24, 2.45) is 0 Å². The van der Waals surface area contributed by atoms with Crippen LogP contribution in [0.1, 0.15) is 23.0 Å². The minimum atomic E-state index is -4.67. The summed E-state index contributed by atoms with van der Waals surface area (Å²) in [4.78, 5) is 11.5. The Morgan fingerprint density at radius 3 is 2.61 bits per heavy atom. The zero-order valence-electron chi connectivity index (χ0n) is 9.38. The third-order valence-electron chi connectivity index (χ3n) is 2.34. The standard InChI is InChI=1S/C12H9F3O3/c1-2-17-11(16)10-9(12(13,14)15)7-5-3-4-6-8(7)18-10/h3-6H,2H2,1H3. The van der Waals surface area contributed by atoms with E-state index in [4.69, 9.17) is 4.42 Å². The molecule has 0 aliphatic rings. The molecule has 0 fully saturated rings. The van der Waals surface area contributed by atoms with Crippen LogP contribution in [-0.4, -0.2) is 12.6 Å². The van der Waals surface area contributed by atoms with E-state index < -0.39 is 23.5 Å². The molecule has 2 aromatic rings. The second kappa shape index (κ2) is 4.36. The van der Waals surface area contributed by atoms with E-state index >= 15 is 0 Å². The topological polar surface area (TPSA) is 39.4 Å². The second-order valence-corrected chi connectivity index (χ2v) is 3.52. The van der Waals surface area contributed by atoms with E-state index in [-0.39, 0.29) is 17.6 Å². The van der Waals surface area contributed by atoms with Gasteiger partial charge in [0.2, 0.25) is 5.76 Å². The van der Waals surface area contributed by atoms with Crippen LogP contribution in [0.15, 0.2) is 28.7 Å². The number of rotatable bonds is 2. The Hall–Kier alpha value is -1.98. The largest absolute Gasteiger partial charge is 0.460 e. The van der Waals surface area contributed by atoms with Gasteiger partial charge < -0.3 is 9.15 Å². The third kappa shape index (κ3) is 2.05. The molecule has 1 aromatic carbocycles. The number of benzene rings is 1. The Bertz CT molecular complexity index is 584. The van der Waals surface area contributed by atoms with Gasteiger partial charge in [0.1, 0.15) is 11.1 Å². The van der Waals surface area contributed by atoms with E-state index in [1.807, 2.05) is 0 Å². The molecule has 0 bridgehead atoms. The van der Waals surface area contributed by atoms with Crippen LogP contribution in [-0.2, 0) is 10.9 Å². The maximum absolute atomic E-state index is 12.9. The maximum Gasteiger partial charge on any atom is 0.420 e. The first-order valence-electron chi connectivity index (χ1n) is 5.21. The number of fused-ring (bicyclic) bond motifs is 1. The average Bonchev–Trinajstić information content (AvgIpc) is 2.68. The summed E-state index contributed by atoms with van der Waals surface area (Å²) in [5.74, 6) is -1.91. The number of ether oxygens (including phenoxy) is 1. The van der Waals surface area contributed by atoms with E-state index in [2.05, 4.69) is 4.74 Å². The monoisotopic (exact) mass is 258 g/mol. The fraction of sp³-hybridized carbons (Fsp3) is 0.250. The van der Waals surface area contributed by atoms with Crippen molar-refractivity contribution in [2.75, 3.05) is 6.61 Å². The molecule has 0 spiro atoms. The van der Waals surface area contributed by atoms with Crippen LogP contribution in [0.5, 0.6) is 0 Å². The highest BCUT2D eigenvalue weighted by Gasteiger charge is 2.41. The summed E-state index contributed by atoms with van der Waals surface area (Å²) in [7, 11) is 0. The highest BCUT2D eigenvalue weighted by Crippen LogP contribution is 2.39. The molecule has 0 unspecified atom stereocenters. The van der Waals surface area contributed by atoms with Crippen molar-refractivity contribution >= 4 is 16.9 Å². The molecule has 0 radical (unpaired) electrons. The Kier molecular flexibility index (Phi) is 3.02. The fourth-order valence-electron chi connectivity index (χ4n) is 1.67. The van der Waals surface area contributed by atoms with E-state index in [1.165, 1.54) is 31.2 Å². The molecule has 1 heterocycles. The molecule has 0 saturated heterocycles. The minimum Gasteiger partial charge on any atom is -0.460 e. The Morgan fingerprint density at radius 1 is 1.33 bits per heavy atom. The number of alkyl halides is 3. The average molecular weight is 258 g/mol. The number of halogens is 3. The van der Waals surface area contributed by atoms with Crippen molar-refractivity contribution in [3.63, 3.8) is 0 Å². The van der Waals surface area contributed by atoms with E-state index in [0.29, 0.717) is 0 Å². The second-order valence-electron chi connectivity index (χ2n) is 3.52. The number of furan rings is 1. The first-order chi connectivity index (χ1) is 8.45. The molecule has 0 amide bonds. The summed E-state index contributed by atoms with van der Waals surface area (Å²) in [6, 6.07) is 5.60. The zero-order chi connectivity index (χ0) is 13.3. The molecule has 1 aromatic heterocycles. The van der Waals surface area contributed by atoms with Crippen LogP contribution < -0.4 is 0 Å². The van der Waals surface area contributed by atoms with Gasteiger partial charge in [-0.3, -0.25) is 0 Å². The smallest absolute Gasteiger partial charge is 0.420 e. The van der Waals surface area contributed by atoms with Gasteiger partial charge in [0.05, 0.1) is 6.61 Å². The van der Waals surface area contributed by atoms with Gasteiger partial charge in [0, 0.05) is 5.39 Å². The number of hydrogen-bond donors (Lipinski definition) is 0. The van der Waals surface area contributed by atoms with E-state index in [0.717, 1.165) is 0 Å². The van der Waals surface area contributed by atoms with E-state index in [1.54, 1.807) is 0 Å². The van der Waals surface area contributed by atoms with Crippen molar-refractivity contribution in [1.29, 1.82) is 0 Å². The summed E-state index contributed by atoms with van der Waals surface area (Å²) >= 11 is 0. The first kappa shape index (κ1) is 12.5. The van der Waals surface area contributed by atoms with Gasteiger partial charge in [-0.1, -0.05) is 18.2 Å². The highest BCUT2D eigenvalue weighted by molar-refractivity contribution is 5.96. The van der Waals surface area contributed by atoms with Gasteiger partial charge in [0.15, 0.2) is 0 Å². The van der Waals surface area contributed by atoms with Gasteiger partial charge >= 0.3 is 12.1 Å². The van der Waals surface area contributed by atoms with Crippen molar-refractivity contribution in [3.05, 3.63) is 35.6 Å². The van der Waals surface area contributed by atoms with Crippen molar-refractivity contribution in [2.45, 2.75) is 13.1 Å². The minimum absolute atomic E-state index is 0.00729. The van der Waals surface area contributed by atoms with Crippen molar-refractivity contribution < 1.29 is 27.1 Å². The molecular weight excluding hydrogens is 249 g/mol. The first-order valence-corrected chi connectivity index (χ1v) is 5.21. The van der Waals surface area contributed by atoms with Crippen LogP contribution in [0.2, 0.25) is 0 Å². The highest BCUT2D eigenvalue weighted by atomic mass is 19.4.